The Hall–Kier alpha value is -0.290. The molecular weight excluding hydrogens is 219 g/mol. The standard InChI is InChI=1S/C11H22F3NO/c1-7(2)9(8(3)4)5-15-6-10(16)11(12,13)14/h7-10,15-16H,5-6H2,1-4H3. The first kappa shape index (κ1) is 15.7. The smallest absolute Gasteiger partial charge is 0.382 e. The Morgan fingerprint density at radius 1 is 1.00 bits per heavy atom. The molecule has 0 aliphatic carbocycles. The summed E-state index contributed by atoms with van der Waals surface area (Å²) in [5.41, 5.74) is 0. The lowest BCUT2D eigenvalue weighted by Gasteiger charge is -2.26. The third kappa shape index (κ3) is 5.70. The van der Waals surface area contributed by atoms with Crippen molar-refractivity contribution in [2.45, 2.75) is 40.0 Å². The van der Waals surface area contributed by atoms with Gasteiger partial charge in [0.1, 0.15) is 0 Å². The van der Waals surface area contributed by atoms with E-state index in [1.54, 1.807) is 0 Å². The normalized spacial score (nSPS) is 15.2. The van der Waals surface area contributed by atoms with Gasteiger partial charge in [0.25, 0.3) is 0 Å². The molecule has 0 aliphatic rings. The monoisotopic (exact) mass is 241 g/mol. The summed E-state index contributed by atoms with van der Waals surface area (Å²) in [4.78, 5) is 0. The van der Waals surface area contributed by atoms with Crippen molar-refractivity contribution in [2.24, 2.45) is 17.8 Å². The fraction of sp³-hybridized carbons (Fsp3) is 1.00. The number of halogens is 3. The highest BCUT2D eigenvalue weighted by Crippen LogP contribution is 2.21. The van der Waals surface area contributed by atoms with E-state index in [1.807, 2.05) is 27.7 Å². The summed E-state index contributed by atoms with van der Waals surface area (Å²) in [6.07, 6.45) is -6.80. The van der Waals surface area contributed by atoms with E-state index in [2.05, 4.69) is 5.32 Å². The van der Waals surface area contributed by atoms with Gasteiger partial charge >= 0.3 is 6.18 Å². The van der Waals surface area contributed by atoms with Crippen LogP contribution in [0.25, 0.3) is 0 Å². The molecule has 0 bridgehead atoms. The van der Waals surface area contributed by atoms with Crippen LogP contribution in [-0.2, 0) is 0 Å². The van der Waals surface area contributed by atoms with Crippen molar-refractivity contribution in [1.29, 1.82) is 0 Å². The van der Waals surface area contributed by atoms with Crippen molar-refractivity contribution in [2.75, 3.05) is 13.1 Å². The lowest BCUT2D eigenvalue weighted by Crippen LogP contribution is -2.41. The number of rotatable bonds is 6. The molecule has 1 unspecified atom stereocenters. The molecule has 0 aliphatic heterocycles. The average molecular weight is 241 g/mol. The van der Waals surface area contributed by atoms with Gasteiger partial charge in [-0.3, -0.25) is 0 Å². The van der Waals surface area contributed by atoms with Gasteiger partial charge in [0.2, 0.25) is 0 Å². The molecule has 0 heterocycles. The zero-order valence-electron chi connectivity index (χ0n) is 10.3. The first-order valence-corrected chi connectivity index (χ1v) is 5.61. The minimum absolute atomic E-state index is 0.320. The first-order valence-electron chi connectivity index (χ1n) is 5.61. The van der Waals surface area contributed by atoms with Gasteiger partial charge in [0.05, 0.1) is 0 Å². The Labute approximate surface area is 95.2 Å². The Morgan fingerprint density at radius 3 is 1.75 bits per heavy atom. The lowest BCUT2D eigenvalue weighted by atomic mass is 9.85. The maximum Gasteiger partial charge on any atom is 0.415 e. The third-order valence-corrected chi connectivity index (χ3v) is 2.81. The van der Waals surface area contributed by atoms with Crippen LogP contribution >= 0.6 is 0 Å². The summed E-state index contributed by atoms with van der Waals surface area (Å²) in [6, 6.07) is 0. The van der Waals surface area contributed by atoms with Crippen molar-refractivity contribution < 1.29 is 18.3 Å². The zero-order valence-corrected chi connectivity index (χ0v) is 10.3. The quantitative estimate of drug-likeness (QED) is 0.748. The number of hydrogen-bond donors (Lipinski definition) is 2. The van der Waals surface area contributed by atoms with E-state index in [9.17, 15) is 13.2 Å². The van der Waals surface area contributed by atoms with Gasteiger partial charge in [0, 0.05) is 6.54 Å². The summed E-state index contributed by atoms with van der Waals surface area (Å²) in [5.74, 6) is 1.14. The molecule has 16 heavy (non-hydrogen) atoms. The molecule has 1 atom stereocenters. The van der Waals surface area contributed by atoms with Gasteiger partial charge in [-0.2, -0.15) is 13.2 Å². The highest BCUT2D eigenvalue weighted by atomic mass is 19.4. The van der Waals surface area contributed by atoms with Gasteiger partial charge in [-0.05, 0) is 24.3 Å². The van der Waals surface area contributed by atoms with Gasteiger partial charge in [-0.25, -0.2) is 0 Å². The first-order chi connectivity index (χ1) is 7.16. The molecule has 0 aromatic heterocycles. The molecule has 5 heteroatoms. The fourth-order valence-corrected chi connectivity index (χ4v) is 1.74. The minimum atomic E-state index is -4.53. The highest BCUT2D eigenvalue weighted by Gasteiger charge is 2.37. The molecule has 0 saturated carbocycles. The number of aliphatic hydroxyl groups is 1. The van der Waals surface area contributed by atoms with E-state index in [0.29, 0.717) is 24.3 Å². The molecule has 2 nitrogen and oxygen atoms in total. The van der Waals surface area contributed by atoms with Crippen LogP contribution in [0.3, 0.4) is 0 Å². The molecule has 98 valence electrons. The molecule has 0 radical (unpaired) electrons. The second-order valence-electron chi connectivity index (χ2n) is 4.87. The van der Waals surface area contributed by atoms with E-state index in [4.69, 9.17) is 5.11 Å². The summed E-state index contributed by atoms with van der Waals surface area (Å²) >= 11 is 0. The largest absolute Gasteiger partial charge is 0.415 e. The molecule has 2 N–H and O–H groups in total. The number of alkyl halides is 3. The third-order valence-electron chi connectivity index (χ3n) is 2.81. The zero-order chi connectivity index (χ0) is 12.9. The summed E-state index contributed by atoms with van der Waals surface area (Å²) < 4.78 is 36.0. The Balaban J connectivity index is 3.96. The van der Waals surface area contributed by atoms with Crippen LogP contribution in [0, 0.1) is 17.8 Å². The molecule has 0 spiro atoms. The van der Waals surface area contributed by atoms with Crippen molar-refractivity contribution in [3.8, 4) is 0 Å². The van der Waals surface area contributed by atoms with Crippen molar-refractivity contribution in [3.63, 3.8) is 0 Å². The van der Waals surface area contributed by atoms with E-state index in [-0.39, 0.29) is 0 Å². The van der Waals surface area contributed by atoms with Crippen LogP contribution in [0.1, 0.15) is 27.7 Å². The molecule has 0 aromatic carbocycles. The summed E-state index contributed by atoms with van der Waals surface area (Å²) in [6.45, 7) is 8.26. The fourth-order valence-electron chi connectivity index (χ4n) is 1.74. The Kier molecular flexibility index (Phi) is 6.33. The highest BCUT2D eigenvalue weighted by molar-refractivity contribution is 4.73. The van der Waals surface area contributed by atoms with E-state index in [0.717, 1.165) is 0 Å². The van der Waals surface area contributed by atoms with Crippen LogP contribution in [0.4, 0.5) is 13.2 Å². The predicted molar refractivity (Wildman–Crippen MR) is 58.1 cm³/mol. The Morgan fingerprint density at radius 2 is 1.44 bits per heavy atom. The van der Waals surface area contributed by atoms with E-state index < -0.39 is 18.8 Å². The topological polar surface area (TPSA) is 32.3 Å². The van der Waals surface area contributed by atoms with Crippen molar-refractivity contribution >= 4 is 0 Å². The van der Waals surface area contributed by atoms with Crippen molar-refractivity contribution in [1.82, 2.24) is 5.32 Å². The maximum absolute atomic E-state index is 12.0. The molecule has 0 amide bonds. The number of aliphatic hydroxyl groups excluding tert-OH is 1. The molecule has 0 rings (SSSR count). The molecular formula is C11H22F3NO. The minimum Gasteiger partial charge on any atom is -0.382 e. The summed E-state index contributed by atoms with van der Waals surface area (Å²) in [5, 5.41) is 11.5. The second kappa shape index (κ2) is 6.45. The van der Waals surface area contributed by atoms with Crippen LogP contribution in [0.5, 0.6) is 0 Å². The van der Waals surface area contributed by atoms with Gasteiger partial charge in [0.15, 0.2) is 6.10 Å². The van der Waals surface area contributed by atoms with Crippen molar-refractivity contribution in [3.05, 3.63) is 0 Å². The SMILES string of the molecule is CC(C)C(CNCC(O)C(F)(F)F)C(C)C. The van der Waals surface area contributed by atoms with Crippen LogP contribution in [0.2, 0.25) is 0 Å². The van der Waals surface area contributed by atoms with E-state index >= 15 is 0 Å². The van der Waals surface area contributed by atoms with Gasteiger partial charge in [-0.15, -0.1) is 0 Å². The number of hydrogen-bond acceptors (Lipinski definition) is 2. The van der Waals surface area contributed by atoms with E-state index in [1.165, 1.54) is 0 Å². The molecule has 0 aromatic rings. The van der Waals surface area contributed by atoms with Gasteiger partial charge in [-0.1, -0.05) is 27.7 Å². The van der Waals surface area contributed by atoms with Crippen LogP contribution in [0.15, 0.2) is 0 Å². The Bertz CT molecular complexity index is 184. The lowest BCUT2D eigenvalue weighted by molar-refractivity contribution is -0.201. The van der Waals surface area contributed by atoms with Crippen LogP contribution < -0.4 is 5.32 Å². The maximum atomic E-state index is 12.0. The molecule has 0 fully saturated rings. The summed E-state index contributed by atoms with van der Waals surface area (Å²) in [7, 11) is 0. The molecule has 0 saturated heterocycles. The predicted octanol–water partition coefficient (Wildman–Crippen LogP) is 2.43. The van der Waals surface area contributed by atoms with Gasteiger partial charge < -0.3 is 10.4 Å². The average Bonchev–Trinajstić information content (AvgIpc) is 2.08. The number of nitrogens with one attached hydrogen (secondary N) is 1. The van der Waals surface area contributed by atoms with Crippen LogP contribution in [-0.4, -0.2) is 30.5 Å². The second-order valence-corrected chi connectivity index (χ2v) is 4.87.